The number of nitrogens with two attached hydrogens (primary N) is 2. The highest BCUT2D eigenvalue weighted by atomic mass is 16.4. The first-order valence-electron chi connectivity index (χ1n) is 10.4. The molecule has 11 heteroatoms. The molecule has 0 aliphatic rings. The summed E-state index contributed by atoms with van der Waals surface area (Å²) in [5, 5.41) is 14.6. The van der Waals surface area contributed by atoms with Gasteiger partial charge in [0.25, 0.3) is 0 Å². The number of imidazole rings is 1. The molecule has 0 radical (unpaired) electrons. The van der Waals surface area contributed by atoms with Crippen molar-refractivity contribution in [2.75, 3.05) is 13.1 Å². The number of aliphatic carboxylic acids is 1. The smallest absolute Gasteiger partial charge is 0.316 e. The summed E-state index contributed by atoms with van der Waals surface area (Å²) in [6.07, 6.45) is 4.55. The third kappa shape index (κ3) is 9.26. The first-order valence-corrected chi connectivity index (χ1v) is 10.4. The minimum Gasteiger partial charge on any atom is -0.481 e. The fraction of sp³-hybridized carbons (Fsp3) is 0.650. The van der Waals surface area contributed by atoms with E-state index in [9.17, 15) is 24.3 Å². The van der Waals surface area contributed by atoms with Crippen molar-refractivity contribution >= 4 is 23.6 Å². The Balaban J connectivity index is 3.07. The zero-order valence-corrected chi connectivity index (χ0v) is 18.1. The number of hydrogen-bond donors (Lipinski definition) is 6. The maximum Gasteiger partial charge on any atom is 0.316 e. The lowest BCUT2D eigenvalue weighted by molar-refractivity contribution is -0.148. The number of rotatable bonds is 15. The monoisotopic (exact) mass is 438 g/mol. The fourth-order valence-corrected chi connectivity index (χ4v) is 3.18. The molecule has 2 amide bonds. The van der Waals surface area contributed by atoms with Crippen molar-refractivity contribution < 1.29 is 24.3 Å². The molecule has 0 fully saturated rings. The molecule has 1 rings (SSSR count). The van der Waals surface area contributed by atoms with E-state index in [-0.39, 0.29) is 25.3 Å². The Hall–Kier alpha value is -2.79. The molecule has 0 saturated carbocycles. The van der Waals surface area contributed by atoms with Crippen molar-refractivity contribution in [3.8, 4) is 0 Å². The number of amides is 2. The first kappa shape index (κ1) is 26.2. The molecule has 3 unspecified atom stereocenters. The van der Waals surface area contributed by atoms with E-state index >= 15 is 0 Å². The van der Waals surface area contributed by atoms with Crippen LogP contribution in [0, 0.1) is 11.8 Å². The quantitative estimate of drug-likeness (QED) is 0.153. The van der Waals surface area contributed by atoms with E-state index in [1.54, 1.807) is 0 Å². The van der Waals surface area contributed by atoms with Gasteiger partial charge < -0.3 is 32.2 Å². The van der Waals surface area contributed by atoms with E-state index in [4.69, 9.17) is 11.5 Å². The molecule has 1 aromatic rings. The Labute approximate surface area is 181 Å². The third-order valence-corrected chi connectivity index (χ3v) is 4.77. The highest BCUT2D eigenvalue weighted by molar-refractivity contribution is 6.00. The average Bonchev–Trinajstić information content (AvgIpc) is 3.21. The van der Waals surface area contributed by atoms with Crippen LogP contribution in [0.1, 0.15) is 45.2 Å². The van der Waals surface area contributed by atoms with Crippen LogP contribution in [-0.2, 0) is 25.6 Å². The van der Waals surface area contributed by atoms with E-state index < -0.39 is 41.6 Å². The molecular weight excluding hydrogens is 404 g/mol. The van der Waals surface area contributed by atoms with E-state index in [1.807, 2.05) is 13.8 Å². The Morgan fingerprint density at radius 3 is 2.35 bits per heavy atom. The SMILES string of the molecule is CC(C)CC(NC(=O)CN)C(=O)C(Cc1cnc[nH]1)NC(=O)C(CCCCN)C(=O)O. The van der Waals surface area contributed by atoms with Gasteiger partial charge in [0.2, 0.25) is 11.8 Å². The average molecular weight is 439 g/mol. The van der Waals surface area contributed by atoms with Gasteiger partial charge in [0.1, 0.15) is 5.92 Å². The van der Waals surface area contributed by atoms with Gasteiger partial charge in [-0.3, -0.25) is 19.2 Å². The summed E-state index contributed by atoms with van der Waals surface area (Å²) < 4.78 is 0. The normalized spacial score (nSPS) is 14.0. The Morgan fingerprint density at radius 2 is 1.84 bits per heavy atom. The summed E-state index contributed by atoms with van der Waals surface area (Å²) >= 11 is 0. The second-order valence-electron chi connectivity index (χ2n) is 7.87. The minimum absolute atomic E-state index is 0.0762. The van der Waals surface area contributed by atoms with Gasteiger partial charge in [0, 0.05) is 18.3 Å². The lowest BCUT2D eigenvalue weighted by Crippen LogP contribution is -2.54. The number of hydrogen-bond acceptors (Lipinski definition) is 7. The molecule has 11 nitrogen and oxygen atoms in total. The largest absolute Gasteiger partial charge is 0.481 e. The molecule has 31 heavy (non-hydrogen) atoms. The van der Waals surface area contributed by atoms with Crippen LogP contribution in [0.2, 0.25) is 0 Å². The molecule has 3 atom stereocenters. The number of nitrogens with one attached hydrogen (secondary N) is 3. The van der Waals surface area contributed by atoms with Gasteiger partial charge in [-0.1, -0.05) is 20.3 Å². The number of carbonyl (C=O) groups excluding carboxylic acids is 3. The molecule has 0 saturated heterocycles. The zero-order valence-electron chi connectivity index (χ0n) is 18.1. The summed E-state index contributed by atoms with van der Waals surface area (Å²) in [4.78, 5) is 56.2. The van der Waals surface area contributed by atoms with Crippen molar-refractivity contribution in [2.45, 2.75) is 58.0 Å². The van der Waals surface area contributed by atoms with Crippen molar-refractivity contribution in [2.24, 2.45) is 23.3 Å². The van der Waals surface area contributed by atoms with Crippen LogP contribution in [0.3, 0.4) is 0 Å². The van der Waals surface area contributed by atoms with Crippen molar-refractivity contribution in [1.29, 1.82) is 0 Å². The maximum atomic E-state index is 13.3. The Bertz CT molecular complexity index is 722. The molecule has 0 aliphatic carbocycles. The van der Waals surface area contributed by atoms with Crippen LogP contribution in [0.5, 0.6) is 0 Å². The number of Topliss-reactive ketones (excluding diaryl/α,β-unsaturated/α-hetero) is 1. The Morgan fingerprint density at radius 1 is 1.13 bits per heavy atom. The summed E-state index contributed by atoms with van der Waals surface area (Å²) in [5.74, 6) is -4.15. The lowest BCUT2D eigenvalue weighted by Gasteiger charge is -2.26. The summed E-state index contributed by atoms with van der Waals surface area (Å²) in [6, 6.07) is -1.92. The lowest BCUT2D eigenvalue weighted by atomic mass is 9.93. The molecular formula is C20H34N6O5. The highest BCUT2D eigenvalue weighted by Crippen LogP contribution is 2.13. The number of carboxylic acid groups (broad SMARTS) is 1. The van der Waals surface area contributed by atoms with Crippen LogP contribution in [-0.4, -0.2) is 63.8 Å². The minimum atomic E-state index is -1.30. The fourth-order valence-electron chi connectivity index (χ4n) is 3.18. The summed E-state index contributed by atoms with van der Waals surface area (Å²) in [7, 11) is 0. The van der Waals surface area contributed by atoms with Crippen LogP contribution in [0.25, 0.3) is 0 Å². The number of ketones is 1. The number of carbonyl (C=O) groups is 4. The molecule has 174 valence electrons. The van der Waals surface area contributed by atoms with Crippen molar-refractivity contribution in [3.05, 3.63) is 18.2 Å². The molecule has 0 aliphatic heterocycles. The molecule has 1 heterocycles. The first-order chi connectivity index (χ1) is 14.7. The van der Waals surface area contributed by atoms with Gasteiger partial charge in [-0.05, 0) is 31.7 Å². The van der Waals surface area contributed by atoms with E-state index in [0.717, 1.165) is 0 Å². The second-order valence-corrected chi connectivity index (χ2v) is 7.87. The van der Waals surface area contributed by atoms with Gasteiger partial charge in [0.15, 0.2) is 5.78 Å². The summed E-state index contributed by atoms with van der Waals surface area (Å²) in [5.41, 5.74) is 11.4. The van der Waals surface area contributed by atoms with E-state index in [0.29, 0.717) is 31.5 Å². The van der Waals surface area contributed by atoms with Gasteiger partial charge in [0.05, 0.1) is 25.0 Å². The number of unbranched alkanes of at least 4 members (excludes halogenated alkanes) is 1. The predicted octanol–water partition coefficient (Wildman–Crippen LogP) is -0.674. The molecule has 0 spiro atoms. The number of aromatic nitrogens is 2. The number of aromatic amines is 1. The number of nitrogens with zero attached hydrogens (tertiary/aromatic N) is 1. The second kappa shape index (κ2) is 13.5. The van der Waals surface area contributed by atoms with Crippen LogP contribution >= 0.6 is 0 Å². The number of carboxylic acids is 1. The summed E-state index contributed by atoms with van der Waals surface area (Å²) in [6.45, 7) is 3.92. The third-order valence-electron chi connectivity index (χ3n) is 4.77. The zero-order chi connectivity index (χ0) is 23.4. The maximum absolute atomic E-state index is 13.3. The standard InChI is InChI=1S/C20H34N6O5/c1-12(2)7-15(25-17(27)9-22)18(28)16(8-13-10-23-11-24-13)26-19(29)14(20(30)31)5-3-4-6-21/h10-12,14-16H,3-9,21-22H2,1-2H3,(H,23,24)(H,25,27)(H,26,29)(H,30,31). The van der Waals surface area contributed by atoms with Crippen molar-refractivity contribution in [3.63, 3.8) is 0 Å². The van der Waals surface area contributed by atoms with E-state index in [1.165, 1.54) is 12.5 Å². The van der Waals surface area contributed by atoms with Crippen molar-refractivity contribution in [1.82, 2.24) is 20.6 Å². The molecule has 8 N–H and O–H groups in total. The van der Waals surface area contributed by atoms with Crippen LogP contribution in [0.4, 0.5) is 0 Å². The number of H-pyrrole nitrogens is 1. The predicted molar refractivity (Wildman–Crippen MR) is 114 cm³/mol. The van der Waals surface area contributed by atoms with E-state index in [2.05, 4.69) is 20.6 Å². The van der Waals surface area contributed by atoms with Crippen LogP contribution < -0.4 is 22.1 Å². The topological polar surface area (TPSA) is 193 Å². The Kier molecular flexibility index (Phi) is 11.4. The molecule has 1 aromatic heterocycles. The van der Waals surface area contributed by atoms with Gasteiger partial charge in [-0.25, -0.2) is 4.98 Å². The molecule has 0 aromatic carbocycles. The van der Waals surface area contributed by atoms with Gasteiger partial charge in [-0.2, -0.15) is 0 Å². The molecule has 0 bridgehead atoms. The highest BCUT2D eigenvalue weighted by Gasteiger charge is 2.34. The van der Waals surface area contributed by atoms with Gasteiger partial charge in [-0.15, -0.1) is 0 Å². The van der Waals surface area contributed by atoms with Crippen LogP contribution in [0.15, 0.2) is 12.5 Å². The van der Waals surface area contributed by atoms with Gasteiger partial charge >= 0.3 is 5.97 Å².